The van der Waals surface area contributed by atoms with Gasteiger partial charge in [0, 0.05) is 32.4 Å². The lowest BCUT2D eigenvalue weighted by atomic mass is 9.75. The van der Waals surface area contributed by atoms with Crippen LogP contribution in [0.2, 0.25) is 0 Å². The zero-order valence-electron chi connectivity index (χ0n) is 17.3. The SMILES string of the molecule is COC(CCN1C(=O)C=C(C)C1=O)(OC)OOC1CC(C)CCC1C(C)C. The van der Waals surface area contributed by atoms with Gasteiger partial charge in [0.05, 0.1) is 12.5 Å². The summed E-state index contributed by atoms with van der Waals surface area (Å²) in [6.07, 6.45) is 4.64. The normalized spacial score (nSPS) is 26.9. The Bertz CT molecular complexity index is 569. The smallest absolute Gasteiger partial charge is 0.313 e. The summed E-state index contributed by atoms with van der Waals surface area (Å²) in [6.45, 7) is 8.33. The van der Waals surface area contributed by atoms with Gasteiger partial charge in [0.15, 0.2) is 0 Å². The van der Waals surface area contributed by atoms with Crippen LogP contribution in [0.1, 0.15) is 53.4 Å². The van der Waals surface area contributed by atoms with Crippen LogP contribution in [-0.4, -0.2) is 49.6 Å². The molecule has 2 aliphatic rings. The molecular formula is C20H33NO6. The highest BCUT2D eigenvalue weighted by atomic mass is 17.3. The third-order valence-electron chi connectivity index (χ3n) is 5.71. The van der Waals surface area contributed by atoms with Crippen LogP contribution in [0.3, 0.4) is 0 Å². The van der Waals surface area contributed by atoms with Crippen LogP contribution < -0.4 is 0 Å². The van der Waals surface area contributed by atoms with Crippen molar-refractivity contribution in [3.8, 4) is 0 Å². The molecule has 154 valence electrons. The summed E-state index contributed by atoms with van der Waals surface area (Å²) in [6, 6.07) is 0. The molecule has 0 aromatic heterocycles. The average Bonchev–Trinajstić information content (AvgIpc) is 2.88. The molecule has 0 aromatic carbocycles. The molecule has 0 radical (unpaired) electrons. The van der Waals surface area contributed by atoms with Gasteiger partial charge >= 0.3 is 5.97 Å². The van der Waals surface area contributed by atoms with Gasteiger partial charge < -0.3 is 9.47 Å². The number of imide groups is 1. The van der Waals surface area contributed by atoms with Gasteiger partial charge in [-0.05, 0) is 37.5 Å². The quantitative estimate of drug-likeness (QED) is 0.264. The lowest BCUT2D eigenvalue weighted by molar-refractivity contribution is -0.515. The monoisotopic (exact) mass is 383 g/mol. The highest BCUT2D eigenvalue weighted by molar-refractivity contribution is 6.15. The Morgan fingerprint density at radius 1 is 1.22 bits per heavy atom. The molecule has 1 saturated carbocycles. The first kappa shape index (κ1) is 22.0. The van der Waals surface area contributed by atoms with Crippen molar-refractivity contribution >= 4 is 11.8 Å². The standard InChI is InChI=1S/C20H33NO6/c1-13(2)16-8-7-14(3)11-17(16)26-27-20(24-5,25-6)9-10-21-18(22)12-15(4)19(21)23/h12-14,16-17H,7-11H2,1-6H3. The Hall–Kier alpha value is -1.28. The molecule has 2 amide bonds. The molecule has 1 fully saturated rings. The summed E-state index contributed by atoms with van der Waals surface area (Å²) < 4.78 is 10.8. The largest absolute Gasteiger partial charge is 0.329 e. The molecule has 7 heteroatoms. The molecule has 3 atom stereocenters. The molecule has 2 rings (SSSR count). The Morgan fingerprint density at radius 2 is 1.89 bits per heavy atom. The first-order chi connectivity index (χ1) is 12.7. The van der Waals surface area contributed by atoms with Gasteiger partial charge in [0.1, 0.15) is 0 Å². The van der Waals surface area contributed by atoms with Crippen LogP contribution in [0.5, 0.6) is 0 Å². The molecule has 7 nitrogen and oxygen atoms in total. The Balaban J connectivity index is 1.98. The summed E-state index contributed by atoms with van der Waals surface area (Å²) in [5.41, 5.74) is 0.425. The first-order valence-electron chi connectivity index (χ1n) is 9.72. The number of hydrogen-bond acceptors (Lipinski definition) is 6. The van der Waals surface area contributed by atoms with E-state index < -0.39 is 5.97 Å². The number of methoxy groups -OCH3 is 2. The third-order valence-corrected chi connectivity index (χ3v) is 5.71. The lowest BCUT2D eigenvalue weighted by Crippen LogP contribution is -2.45. The van der Waals surface area contributed by atoms with E-state index in [9.17, 15) is 9.59 Å². The molecule has 1 aliphatic heterocycles. The van der Waals surface area contributed by atoms with E-state index in [0.717, 1.165) is 17.7 Å². The lowest BCUT2D eigenvalue weighted by Gasteiger charge is -2.38. The molecule has 0 N–H and O–H groups in total. The number of ether oxygens (including phenoxy) is 2. The Kier molecular flexibility index (Phi) is 7.56. The van der Waals surface area contributed by atoms with Crippen LogP contribution in [0.4, 0.5) is 0 Å². The van der Waals surface area contributed by atoms with E-state index in [1.54, 1.807) is 6.92 Å². The van der Waals surface area contributed by atoms with Gasteiger partial charge in [-0.15, -0.1) is 0 Å². The van der Waals surface area contributed by atoms with Gasteiger partial charge in [-0.3, -0.25) is 14.5 Å². The zero-order chi connectivity index (χ0) is 20.2. The molecule has 0 spiro atoms. The third kappa shape index (κ3) is 5.16. The number of carbonyl (C=O) groups is 2. The maximum absolute atomic E-state index is 12.1. The molecule has 3 unspecified atom stereocenters. The fourth-order valence-corrected chi connectivity index (χ4v) is 3.86. The number of hydrogen-bond donors (Lipinski definition) is 0. The Labute approximate surface area is 161 Å². The molecule has 0 saturated heterocycles. The van der Waals surface area contributed by atoms with Gasteiger partial charge in [-0.2, -0.15) is 4.89 Å². The predicted octanol–water partition coefficient (Wildman–Crippen LogP) is 3.05. The summed E-state index contributed by atoms with van der Waals surface area (Å²) >= 11 is 0. The van der Waals surface area contributed by atoms with Crippen LogP contribution in [0, 0.1) is 17.8 Å². The summed E-state index contributed by atoms with van der Waals surface area (Å²) in [4.78, 5) is 36.6. The minimum absolute atomic E-state index is 0.0441. The van der Waals surface area contributed by atoms with Crippen molar-refractivity contribution in [2.75, 3.05) is 20.8 Å². The van der Waals surface area contributed by atoms with E-state index in [4.69, 9.17) is 19.2 Å². The second-order valence-corrected chi connectivity index (χ2v) is 8.01. The van der Waals surface area contributed by atoms with Gasteiger partial charge in [-0.1, -0.05) is 27.2 Å². The van der Waals surface area contributed by atoms with Crippen LogP contribution in [0.15, 0.2) is 11.6 Å². The van der Waals surface area contributed by atoms with Crippen molar-refractivity contribution in [3.05, 3.63) is 11.6 Å². The summed E-state index contributed by atoms with van der Waals surface area (Å²) in [7, 11) is 2.90. The van der Waals surface area contributed by atoms with Crippen LogP contribution in [-0.2, 0) is 28.8 Å². The highest BCUT2D eigenvalue weighted by Crippen LogP contribution is 2.36. The van der Waals surface area contributed by atoms with Crippen molar-refractivity contribution in [2.45, 2.75) is 65.5 Å². The van der Waals surface area contributed by atoms with Crippen molar-refractivity contribution in [3.63, 3.8) is 0 Å². The zero-order valence-corrected chi connectivity index (χ0v) is 17.3. The van der Waals surface area contributed by atoms with E-state index in [2.05, 4.69) is 20.8 Å². The maximum atomic E-state index is 12.1. The second-order valence-electron chi connectivity index (χ2n) is 8.01. The van der Waals surface area contributed by atoms with Crippen molar-refractivity contribution in [1.82, 2.24) is 4.90 Å². The highest BCUT2D eigenvalue weighted by Gasteiger charge is 2.40. The topological polar surface area (TPSA) is 74.3 Å². The van der Waals surface area contributed by atoms with Crippen molar-refractivity contribution in [1.29, 1.82) is 0 Å². The van der Waals surface area contributed by atoms with E-state index >= 15 is 0 Å². The fourth-order valence-electron chi connectivity index (χ4n) is 3.86. The van der Waals surface area contributed by atoms with Gasteiger partial charge in [-0.25, -0.2) is 4.89 Å². The first-order valence-corrected chi connectivity index (χ1v) is 9.72. The Morgan fingerprint density at radius 3 is 2.41 bits per heavy atom. The minimum Gasteiger partial charge on any atom is -0.329 e. The second kappa shape index (κ2) is 9.28. The molecule has 27 heavy (non-hydrogen) atoms. The van der Waals surface area contributed by atoms with E-state index in [-0.39, 0.29) is 30.9 Å². The van der Waals surface area contributed by atoms with E-state index in [0.29, 0.717) is 23.3 Å². The van der Waals surface area contributed by atoms with Crippen molar-refractivity contribution < 1.29 is 28.8 Å². The van der Waals surface area contributed by atoms with Crippen LogP contribution in [0.25, 0.3) is 0 Å². The van der Waals surface area contributed by atoms with Crippen LogP contribution >= 0.6 is 0 Å². The molecule has 0 aromatic rings. The molecule has 0 bridgehead atoms. The number of nitrogens with zero attached hydrogens (tertiary/aromatic N) is 1. The minimum atomic E-state index is -1.47. The fraction of sp³-hybridized carbons (Fsp3) is 0.800. The summed E-state index contributed by atoms with van der Waals surface area (Å²) in [5.74, 6) is -0.648. The van der Waals surface area contributed by atoms with Gasteiger partial charge in [0.25, 0.3) is 11.8 Å². The van der Waals surface area contributed by atoms with Gasteiger partial charge in [0.2, 0.25) is 0 Å². The maximum Gasteiger partial charge on any atom is 0.313 e. The van der Waals surface area contributed by atoms with Crippen molar-refractivity contribution in [2.24, 2.45) is 17.8 Å². The number of amides is 2. The molecular weight excluding hydrogens is 350 g/mol. The van der Waals surface area contributed by atoms with E-state index in [1.165, 1.54) is 26.7 Å². The number of rotatable bonds is 9. The predicted molar refractivity (Wildman–Crippen MR) is 99.1 cm³/mol. The summed E-state index contributed by atoms with van der Waals surface area (Å²) in [5, 5.41) is 0. The average molecular weight is 383 g/mol. The molecule has 1 aliphatic carbocycles. The van der Waals surface area contributed by atoms with E-state index in [1.807, 2.05) is 0 Å². The number of carbonyl (C=O) groups excluding carboxylic acids is 2. The molecule has 1 heterocycles.